The van der Waals surface area contributed by atoms with E-state index in [1.165, 1.54) is 0 Å². The van der Waals surface area contributed by atoms with Crippen LogP contribution in [0.4, 0.5) is 14.7 Å². The third-order valence-corrected chi connectivity index (χ3v) is 4.99. The van der Waals surface area contributed by atoms with Crippen molar-refractivity contribution in [1.29, 1.82) is 0 Å². The van der Waals surface area contributed by atoms with Gasteiger partial charge in [-0.3, -0.25) is 4.79 Å². The van der Waals surface area contributed by atoms with Crippen molar-refractivity contribution in [3.8, 4) is 0 Å². The van der Waals surface area contributed by atoms with Gasteiger partial charge in [0.2, 0.25) is 11.9 Å². The maximum atomic E-state index is 13.2. The van der Waals surface area contributed by atoms with Gasteiger partial charge in [-0.1, -0.05) is 0 Å². The molecule has 3 heterocycles. The molecular formula is C17H24F2N4O. The van der Waals surface area contributed by atoms with Gasteiger partial charge in [-0.15, -0.1) is 0 Å². The Morgan fingerprint density at radius 2 is 1.92 bits per heavy atom. The molecule has 0 unspecified atom stereocenters. The highest BCUT2D eigenvalue weighted by molar-refractivity contribution is 5.76. The Morgan fingerprint density at radius 3 is 2.54 bits per heavy atom. The van der Waals surface area contributed by atoms with E-state index in [4.69, 9.17) is 0 Å². The molecule has 0 N–H and O–H groups in total. The summed E-state index contributed by atoms with van der Waals surface area (Å²) in [6.07, 6.45) is 3.64. The van der Waals surface area contributed by atoms with E-state index in [1.54, 1.807) is 11.1 Å². The molecule has 0 spiro atoms. The number of aromatic nitrogens is 2. The second-order valence-electron chi connectivity index (χ2n) is 6.87. The Labute approximate surface area is 141 Å². The average Bonchev–Trinajstić information content (AvgIpc) is 2.55. The first-order chi connectivity index (χ1) is 11.4. The summed E-state index contributed by atoms with van der Waals surface area (Å²) in [7, 11) is 0. The van der Waals surface area contributed by atoms with Gasteiger partial charge in [0.25, 0.3) is 5.92 Å². The van der Waals surface area contributed by atoms with Crippen molar-refractivity contribution < 1.29 is 13.6 Å². The fraction of sp³-hybridized carbons (Fsp3) is 0.706. The summed E-state index contributed by atoms with van der Waals surface area (Å²) in [6.45, 7) is 3.97. The van der Waals surface area contributed by atoms with Crippen molar-refractivity contribution in [2.75, 3.05) is 31.1 Å². The van der Waals surface area contributed by atoms with Crippen molar-refractivity contribution >= 4 is 11.9 Å². The van der Waals surface area contributed by atoms with E-state index in [2.05, 4.69) is 14.9 Å². The van der Waals surface area contributed by atoms with Crippen LogP contribution in [0.1, 0.15) is 37.8 Å². The molecule has 5 nitrogen and oxygen atoms in total. The van der Waals surface area contributed by atoms with Crippen molar-refractivity contribution in [2.24, 2.45) is 5.92 Å². The predicted molar refractivity (Wildman–Crippen MR) is 87.1 cm³/mol. The van der Waals surface area contributed by atoms with E-state index in [0.717, 1.165) is 37.6 Å². The second kappa shape index (κ2) is 6.99. The van der Waals surface area contributed by atoms with E-state index >= 15 is 0 Å². The molecule has 3 rings (SSSR count). The van der Waals surface area contributed by atoms with Gasteiger partial charge in [-0.05, 0) is 31.7 Å². The lowest BCUT2D eigenvalue weighted by Gasteiger charge is -2.35. The van der Waals surface area contributed by atoms with E-state index in [1.807, 2.05) is 13.0 Å². The summed E-state index contributed by atoms with van der Waals surface area (Å²) in [4.78, 5) is 24.8. The highest BCUT2D eigenvalue weighted by Gasteiger charge is 2.36. The monoisotopic (exact) mass is 338 g/mol. The van der Waals surface area contributed by atoms with Gasteiger partial charge in [0.05, 0.1) is 0 Å². The molecule has 0 bridgehead atoms. The lowest BCUT2D eigenvalue weighted by atomic mass is 9.92. The van der Waals surface area contributed by atoms with Crippen LogP contribution in [-0.4, -0.2) is 52.9 Å². The number of alkyl halides is 2. The molecule has 0 aromatic carbocycles. The first kappa shape index (κ1) is 17.0. The minimum atomic E-state index is -2.60. The molecule has 7 heteroatoms. The number of piperidine rings is 2. The lowest BCUT2D eigenvalue weighted by molar-refractivity contribution is -0.138. The minimum absolute atomic E-state index is 0.0238. The Hall–Kier alpha value is -1.79. The van der Waals surface area contributed by atoms with Crippen molar-refractivity contribution in [3.05, 3.63) is 18.0 Å². The number of hydrogen-bond donors (Lipinski definition) is 0. The van der Waals surface area contributed by atoms with Gasteiger partial charge in [0.15, 0.2) is 0 Å². The number of likely N-dealkylation sites (tertiary alicyclic amines) is 1. The largest absolute Gasteiger partial charge is 0.342 e. The second-order valence-corrected chi connectivity index (χ2v) is 6.87. The first-order valence-corrected chi connectivity index (χ1v) is 8.63. The third-order valence-electron chi connectivity index (χ3n) is 4.99. The fourth-order valence-electron chi connectivity index (χ4n) is 3.38. The Balaban J connectivity index is 1.46. The molecule has 2 aliphatic rings. The predicted octanol–water partition coefficient (Wildman–Crippen LogP) is 2.65. The quantitative estimate of drug-likeness (QED) is 0.850. The molecule has 2 saturated heterocycles. The number of halogens is 2. The Morgan fingerprint density at radius 1 is 1.25 bits per heavy atom. The highest BCUT2D eigenvalue weighted by Crippen LogP contribution is 2.29. The summed E-state index contributed by atoms with van der Waals surface area (Å²) in [5.41, 5.74) is 0.944. The van der Waals surface area contributed by atoms with E-state index in [-0.39, 0.29) is 31.8 Å². The van der Waals surface area contributed by atoms with Crippen LogP contribution in [0.3, 0.4) is 0 Å². The zero-order chi connectivity index (χ0) is 17.2. The minimum Gasteiger partial charge on any atom is -0.342 e. The maximum Gasteiger partial charge on any atom is 0.251 e. The number of amides is 1. The van der Waals surface area contributed by atoms with Gasteiger partial charge in [0.1, 0.15) is 0 Å². The zero-order valence-electron chi connectivity index (χ0n) is 14.0. The van der Waals surface area contributed by atoms with Crippen LogP contribution < -0.4 is 4.90 Å². The summed E-state index contributed by atoms with van der Waals surface area (Å²) >= 11 is 0. The van der Waals surface area contributed by atoms with E-state index < -0.39 is 5.92 Å². The summed E-state index contributed by atoms with van der Waals surface area (Å²) in [5.74, 6) is -1.51. The van der Waals surface area contributed by atoms with Crippen molar-refractivity contribution in [1.82, 2.24) is 14.9 Å². The molecule has 2 aliphatic heterocycles. The molecular weight excluding hydrogens is 314 g/mol. The van der Waals surface area contributed by atoms with Crippen molar-refractivity contribution in [2.45, 2.75) is 45.0 Å². The number of aryl methyl sites for hydroxylation is 1. The number of hydrogen-bond acceptors (Lipinski definition) is 4. The standard InChI is InChI=1S/C17H24F2N4O/c1-13-2-7-20-16(21-13)23-8-3-14(4-9-23)12-15(24)22-10-5-17(18,19)6-11-22/h2,7,14H,3-6,8-12H2,1H3. The smallest absolute Gasteiger partial charge is 0.251 e. The maximum absolute atomic E-state index is 13.2. The van der Waals surface area contributed by atoms with Crippen LogP contribution in [0, 0.1) is 12.8 Å². The number of carbonyl (C=O) groups is 1. The van der Waals surface area contributed by atoms with Gasteiger partial charge in [-0.2, -0.15) is 0 Å². The molecule has 0 saturated carbocycles. The number of nitrogens with zero attached hydrogens (tertiary/aromatic N) is 4. The zero-order valence-corrected chi connectivity index (χ0v) is 14.0. The number of rotatable bonds is 3. The van der Waals surface area contributed by atoms with Gasteiger partial charge < -0.3 is 9.80 Å². The van der Waals surface area contributed by atoms with Crippen LogP contribution in [-0.2, 0) is 4.79 Å². The Kier molecular flexibility index (Phi) is 4.96. The summed E-state index contributed by atoms with van der Waals surface area (Å²) < 4.78 is 26.4. The van der Waals surface area contributed by atoms with Crippen LogP contribution in [0.15, 0.2) is 12.3 Å². The molecule has 2 fully saturated rings. The van der Waals surface area contributed by atoms with Crippen LogP contribution >= 0.6 is 0 Å². The first-order valence-electron chi connectivity index (χ1n) is 8.63. The number of anilines is 1. The highest BCUT2D eigenvalue weighted by atomic mass is 19.3. The third kappa shape index (κ3) is 4.19. The number of carbonyl (C=O) groups excluding carboxylic acids is 1. The van der Waals surface area contributed by atoms with Crippen LogP contribution in [0.5, 0.6) is 0 Å². The summed E-state index contributed by atoms with van der Waals surface area (Å²) in [5, 5.41) is 0. The van der Waals surface area contributed by atoms with Gasteiger partial charge in [0, 0.05) is 57.3 Å². The average molecular weight is 338 g/mol. The normalized spacial score (nSPS) is 21.8. The SMILES string of the molecule is Cc1ccnc(N2CCC(CC(=O)N3CCC(F)(F)CC3)CC2)n1. The molecule has 132 valence electrons. The van der Waals surface area contributed by atoms with Gasteiger partial charge >= 0.3 is 0 Å². The molecule has 1 aromatic rings. The molecule has 24 heavy (non-hydrogen) atoms. The molecule has 0 radical (unpaired) electrons. The van der Waals surface area contributed by atoms with E-state index in [9.17, 15) is 13.6 Å². The van der Waals surface area contributed by atoms with Gasteiger partial charge in [-0.25, -0.2) is 18.7 Å². The molecule has 1 amide bonds. The Bertz CT molecular complexity index is 578. The molecule has 0 atom stereocenters. The molecule has 0 aliphatic carbocycles. The fourth-order valence-corrected chi connectivity index (χ4v) is 3.38. The van der Waals surface area contributed by atoms with Crippen LogP contribution in [0.25, 0.3) is 0 Å². The van der Waals surface area contributed by atoms with Crippen LogP contribution in [0.2, 0.25) is 0 Å². The summed E-state index contributed by atoms with van der Waals surface area (Å²) in [6, 6.07) is 1.87. The van der Waals surface area contributed by atoms with E-state index in [0.29, 0.717) is 12.3 Å². The topological polar surface area (TPSA) is 49.3 Å². The lowest BCUT2D eigenvalue weighted by Crippen LogP contribution is -2.44. The van der Waals surface area contributed by atoms with Crippen molar-refractivity contribution in [3.63, 3.8) is 0 Å². The molecule has 1 aromatic heterocycles.